The van der Waals surface area contributed by atoms with E-state index < -0.39 is 0 Å². The highest BCUT2D eigenvalue weighted by Gasteiger charge is 1.98. The van der Waals surface area contributed by atoms with Gasteiger partial charge in [-0.2, -0.15) is 0 Å². The van der Waals surface area contributed by atoms with Gasteiger partial charge in [-0.05, 0) is 39.0 Å². The number of aliphatic hydroxyl groups is 1. The zero-order chi connectivity index (χ0) is 18.6. The minimum Gasteiger partial charge on any atom is -0.466 e. The number of carbonyl (C=O) groups is 1. The number of allylic oxidation sites excluding steroid dienone is 7. The molecule has 0 aromatic rings. The Morgan fingerprint density at radius 2 is 1.68 bits per heavy atom. The molecule has 0 saturated heterocycles. The van der Waals surface area contributed by atoms with E-state index in [2.05, 4.69) is 37.3 Å². The van der Waals surface area contributed by atoms with Crippen molar-refractivity contribution in [2.45, 2.75) is 77.7 Å². The van der Waals surface area contributed by atoms with Gasteiger partial charge in [-0.3, -0.25) is 4.79 Å². The number of carbonyl (C=O) groups excluding carboxylic acids is 1. The zero-order valence-corrected chi connectivity index (χ0v) is 16.0. The van der Waals surface area contributed by atoms with Crippen LogP contribution in [0.25, 0.3) is 0 Å². The van der Waals surface area contributed by atoms with Crippen molar-refractivity contribution in [2.24, 2.45) is 0 Å². The van der Waals surface area contributed by atoms with Gasteiger partial charge in [-0.1, -0.05) is 74.8 Å². The molecule has 0 bridgehead atoms. The number of hydrogen-bond donors (Lipinski definition) is 1. The van der Waals surface area contributed by atoms with Gasteiger partial charge >= 0.3 is 5.97 Å². The van der Waals surface area contributed by atoms with Crippen molar-refractivity contribution in [2.75, 3.05) is 6.61 Å². The molecule has 0 radical (unpaired) electrons. The van der Waals surface area contributed by atoms with E-state index in [1.807, 2.05) is 25.2 Å². The van der Waals surface area contributed by atoms with Gasteiger partial charge in [0.2, 0.25) is 0 Å². The molecular weight excluding hydrogens is 312 g/mol. The van der Waals surface area contributed by atoms with Crippen molar-refractivity contribution in [3.05, 3.63) is 48.6 Å². The van der Waals surface area contributed by atoms with E-state index in [4.69, 9.17) is 4.74 Å². The molecule has 3 nitrogen and oxygen atoms in total. The van der Waals surface area contributed by atoms with E-state index in [0.29, 0.717) is 13.0 Å². The first-order valence-electron chi connectivity index (χ1n) is 9.67. The SMILES string of the molecule is CCCCCC(O)/C=C/C=C\C/C=C\C/C=C\CCCC(=O)OCC. The molecule has 1 N–H and O–H groups in total. The minimum absolute atomic E-state index is 0.106. The van der Waals surface area contributed by atoms with Crippen molar-refractivity contribution in [1.29, 1.82) is 0 Å². The van der Waals surface area contributed by atoms with Crippen LogP contribution in [0.2, 0.25) is 0 Å². The Kier molecular flexibility index (Phi) is 17.5. The number of hydrogen-bond acceptors (Lipinski definition) is 3. The first-order valence-corrected chi connectivity index (χ1v) is 9.67. The van der Waals surface area contributed by atoms with Gasteiger partial charge in [0.25, 0.3) is 0 Å². The maximum absolute atomic E-state index is 11.1. The molecule has 0 aliphatic rings. The number of aliphatic hydroxyl groups excluding tert-OH is 1. The second-order valence-corrected chi connectivity index (χ2v) is 5.99. The first-order chi connectivity index (χ1) is 12.2. The van der Waals surface area contributed by atoms with E-state index in [0.717, 1.165) is 38.5 Å². The molecule has 0 rings (SSSR count). The van der Waals surface area contributed by atoms with Crippen molar-refractivity contribution >= 4 is 5.97 Å². The van der Waals surface area contributed by atoms with Crippen molar-refractivity contribution < 1.29 is 14.6 Å². The lowest BCUT2D eigenvalue weighted by Gasteiger charge is -2.02. The van der Waals surface area contributed by atoms with Gasteiger partial charge in [0.15, 0.2) is 0 Å². The third-order valence-corrected chi connectivity index (χ3v) is 3.62. The molecule has 0 aromatic carbocycles. The molecule has 0 saturated carbocycles. The smallest absolute Gasteiger partial charge is 0.305 e. The van der Waals surface area contributed by atoms with E-state index >= 15 is 0 Å². The van der Waals surface area contributed by atoms with Crippen LogP contribution in [0, 0.1) is 0 Å². The van der Waals surface area contributed by atoms with Crippen molar-refractivity contribution in [3.63, 3.8) is 0 Å². The normalized spacial score (nSPS) is 13.6. The Morgan fingerprint density at radius 1 is 0.960 bits per heavy atom. The molecule has 0 fully saturated rings. The summed E-state index contributed by atoms with van der Waals surface area (Å²) in [6.45, 7) is 4.46. The maximum atomic E-state index is 11.1. The maximum Gasteiger partial charge on any atom is 0.305 e. The average molecular weight is 349 g/mol. The lowest BCUT2D eigenvalue weighted by Crippen LogP contribution is -2.02. The summed E-state index contributed by atoms with van der Waals surface area (Å²) < 4.78 is 4.88. The third kappa shape index (κ3) is 18.6. The lowest BCUT2D eigenvalue weighted by molar-refractivity contribution is -0.143. The van der Waals surface area contributed by atoms with Crippen LogP contribution in [0.4, 0.5) is 0 Å². The predicted molar refractivity (Wildman–Crippen MR) is 106 cm³/mol. The second-order valence-electron chi connectivity index (χ2n) is 5.99. The van der Waals surface area contributed by atoms with Gasteiger partial charge in [-0.25, -0.2) is 0 Å². The summed E-state index contributed by atoms with van der Waals surface area (Å²) in [6.07, 6.45) is 24.4. The largest absolute Gasteiger partial charge is 0.466 e. The monoisotopic (exact) mass is 348 g/mol. The molecule has 0 aromatic heterocycles. The van der Waals surface area contributed by atoms with Gasteiger partial charge < -0.3 is 9.84 Å². The van der Waals surface area contributed by atoms with Crippen molar-refractivity contribution in [3.8, 4) is 0 Å². The molecule has 0 aliphatic carbocycles. The molecule has 25 heavy (non-hydrogen) atoms. The standard InChI is InChI=1S/C22H36O3/c1-3-5-15-18-21(23)19-16-13-11-9-7-6-8-10-12-14-17-20-22(24)25-4-2/h6-7,10-13,16,19,21,23H,3-5,8-9,14-15,17-18,20H2,1-2H3/b7-6-,12-10-,13-11-,19-16+. The molecule has 0 amide bonds. The fourth-order valence-electron chi connectivity index (χ4n) is 2.21. The van der Waals surface area contributed by atoms with E-state index in [-0.39, 0.29) is 12.1 Å². The lowest BCUT2D eigenvalue weighted by atomic mass is 10.1. The van der Waals surface area contributed by atoms with Crippen LogP contribution in [-0.4, -0.2) is 23.8 Å². The highest BCUT2D eigenvalue weighted by molar-refractivity contribution is 5.69. The first kappa shape index (κ1) is 23.4. The molecule has 3 heteroatoms. The van der Waals surface area contributed by atoms with E-state index in [9.17, 15) is 9.90 Å². The molecule has 1 unspecified atom stereocenters. The predicted octanol–water partition coefficient (Wildman–Crippen LogP) is 5.67. The number of esters is 1. The summed E-state index contributed by atoms with van der Waals surface area (Å²) in [5.74, 6) is -0.106. The van der Waals surface area contributed by atoms with Crippen LogP contribution < -0.4 is 0 Å². The minimum atomic E-state index is -0.319. The molecule has 0 aliphatic heterocycles. The summed E-state index contributed by atoms with van der Waals surface area (Å²) in [4.78, 5) is 11.1. The summed E-state index contributed by atoms with van der Waals surface area (Å²) in [7, 11) is 0. The number of ether oxygens (including phenoxy) is 1. The summed E-state index contributed by atoms with van der Waals surface area (Å²) in [5.41, 5.74) is 0. The van der Waals surface area contributed by atoms with Crippen LogP contribution in [0.5, 0.6) is 0 Å². The van der Waals surface area contributed by atoms with Crippen LogP contribution >= 0.6 is 0 Å². The summed E-state index contributed by atoms with van der Waals surface area (Å²) in [5, 5.41) is 9.73. The van der Waals surface area contributed by atoms with Crippen LogP contribution in [0.3, 0.4) is 0 Å². The molecular formula is C22H36O3. The quantitative estimate of drug-likeness (QED) is 0.180. The Labute approximate surface area is 154 Å². The van der Waals surface area contributed by atoms with E-state index in [1.54, 1.807) is 0 Å². The summed E-state index contributed by atoms with van der Waals surface area (Å²) in [6, 6.07) is 0. The number of rotatable bonds is 15. The van der Waals surface area contributed by atoms with Crippen LogP contribution in [0.1, 0.15) is 71.6 Å². The summed E-state index contributed by atoms with van der Waals surface area (Å²) >= 11 is 0. The Hall–Kier alpha value is -1.61. The fourth-order valence-corrected chi connectivity index (χ4v) is 2.21. The van der Waals surface area contributed by atoms with Crippen LogP contribution in [-0.2, 0) is 9.53 Å². The molecule has 0 heterocycles. The topological polar surface area (TPSA) is 46.5 Å². The van der Waals surface area contributed by atoms with Crippen molar-refractivity contribution in [1.82, 2.24) is 0 Å². The Bertz CT molecular complexity index is 419. The van der Waals surface area contributed by atoms with Gasteiger partial charge in [0.1, 0.15) is 0 Å². The van der Waals surface area contributed by atoms with Gasteiger partial charge in [0, 0.05) is 6.42 Å². The Morgan fingerprint density at radius 3 is 2.40 bits per heavy atom. The second kappa shape index (κ2) is 18.7. The van der Waals surface area contributed by atoms with E-state index in [1.165, 1.54) is 12.8 Å². The fraction of sp³-hybridized carbons (Fsp3) is 0.591. The molecule has 142 valence electrons. The van der Waals surface area contributed by atoms with Crippen LogP contribution in [0.15, 0.2) is 48.6 Å². The number of unbranched alkanes of at least 4 members (excludes halogenated alkanes) is 3. The highest BCUT2D eigenvalue weighted by atomic mass is 16.5. The average Bonchev–Trinajstić information content (AvgIpc) is 2.59. The third-order valence-electron chi connectivity index (χ3n) is 3.62. The zero-order valence-electron chi connectivity index (χ0n) is 16.0. The highest BCUT2D eigenvalue weighted by Crippen LogP contribution is 2.04. The Balaban J connectivity index is 3.58. The molecule has 1 atom stereocenters. The molecule has 0 spiro atoms. The van der Waals surface area contributed by atoms with Gasteiger partial charge in [0.05, 0.1) is 12.7 Å². The van der Waals surface area contributed by atoms with Gasteiger partial charge in [-0.15, -0.1) is 0 Å².